The molecule has 0 aliphatic heterocycles. The van der Waals surface area contributed by atoms with Gasteiger partial charge in [-0.1, -0.05) is 54.6 Å². The largest absolute Gasteiger partial charge is 0.488 e. The molecule has 0 heterocycles. The molecule has 0 fully saturated rings. The molecule has 0 aliphatic carbocycles. The maximum absolute atomic E-state index is 8.84. The second kappa shape index (κ2) is 7.16. The van der Waals surface area contributed by atoms with Crippen molar-refractivity contribution in [3.8, 4) is 11.8 Å². The van der Waals surface area contributed by atoms with Gasteiger partial charge < -0.3 is 4.74 Å². The van der Waals surface area contributed by atoms with E-state index in [1.54, 1.807) is 0 Å². The summed E-state index contributed by atoms with van der Waals surface area (Å²) in [4.78, 5) is 0. The van der Waals surface area contributed by atoms with Crippen LogP contribution in [-0.2, 0) is 13.0 Å². The fraction of sp³-hybridized carbons (Fsp3) is 0.167. The lowest BCUT2D eigenvalue weighted by Gasteiger charge is -2.11. The third-order valence-corrected chi connectivity index (χ3v) is 3.04. The third kappa shape index (κ3) is 3.49. The quantitative estimate of drug-likeness (QED) is 0.802. The van der Waals surface area contributed by atoms with E-state index in [-0.39, 0.29) is 0 Å². The van der Waals surface area contributed by atoms with E-state index >= 15 is 0 Å². The number of benzene rings is 2. The van der Waals surface area contributed by atoms with Crippen molar-refractivity contribution in [3.63, 3.8) is 0 Å². The molecule has 2 heteroatoms. The summed E-state index contributed by atoms with van der Waals surface area (Å²) < 4.78 is 5.90. The molecule has 0 aromatic heterocycles. The Morgan fingerprint density at radius 1 is 1.05 bits per heavy atom. The Hall–Kier alpha value is -2.53. The molecule has 0 saturated carbocycles. The lowest BCUT2D eigenvalue weighted by Crippen LogP contribution is -2.00. The number of allylic oxidation sites excluding steroid dienone is 1. The summed E-state index contributed by atoms with van der Waals surface area (Å²) >= 11 is 0. The molecule has 0 N–H and O–H groups in total. The Kier molecular flexibility index (Phi) is 4.97. The minimum Gasteiger partial charge on any atom is -0.488 e. The van der Waals surface area contributed by atoms with Gasteiger partial charge >= 0.3 is 0 Å². The first-order chi connectivity index (χ1) is 9.85. The highest BCUT2D eigenvalue weighted by Crippen LogP contribution is 2.21. The highest BCUT2D eigenvalue weighted by Gasteiger charge is 2.04. The van der Waals surface area contributed by atoms with Crippen LogP contribution in [0.25, 0.3) is 6.08 Å². The van der Waals surface area contributed by atoms with Crippen LogP contribution in [0.3, 0.4) is 0 Å². The molecule has 0 radical (unpaired) electrons. The summed E-state index contributed by atoms with van der Waals surface area (Å²) in [7, 11) is 0. The minimum atomic E-state index is 0.413. The van der Waals surface area contributed by atoms with Gasteiger partial charge in [-0.15, -0.1) is 0 Å². The maximum atomic E-state index is 8.84. The van der Waals surface area contributed by atoms with Gasteiger partial charge in [-0.2, -0.15) is 5.26 Å². The molecule has 100 valence electrons. The van der Waals surface area contributed by atoms with E-state index in [0.717, 1.165) is 22.4 Å². The smallest absolute Gasteiger partial charge is 0.127 e. The van der Waals surface area contributed by atoms with E-state index < -0.39 is 0 Å². The highest BCUT2D eigenvalue weighted by molar-refractivity contribution is 5.56. The summed E-state index contributed by atoms with van der Waals surface area (Å²) in [6, 6.07) is 18.0. The van der Waals surface area contributed by atoms with E-state index in [1.165, 1.54) is 0 Å². The first-order valence-electron chi connectivity index (χ1n) is 6.63. The number of hydrogen-bond donors (Lipinski definition) is 0. The zero-order chi connectivity index (χ0) is 14.2. The average Bonchev–Trinajstić information content (AvgIpc) is 2.48. The molecular formula is C18H17NO. The van der Waals surface area contributed by atoms with Crippen LogP contribution in [0.5, 0.6) is 5.75 Å². The van der Waals surface area contributed by atoms with Crippen LogP contribution in [0, 0.1) is 11.3 Å². The molecule has 0 bridgehead atoms. The van der Waals surface area contributed by atoms with Crippen molar-refractivity contribution < 1.29 is 4.74 Å². The van der Waals surface area contributed by atoms with Gasteiger partial charge in [0, 0.05) is 5.56 Å². The fourth-order valence-corrected chi connectivity index (χ4v) is 2.04. The van der Waals surface area contributed by atoms with E-state index in [0.29, 0.717) is 13.0 Å². The SMILES string of the molecule is CC=Cc1ccccc1OCc1ccccc1CC#N. The van der Waals surface area contributed by atoms with Gasteiger partial charge in [0.05, 0.1) is 12.5 Å². The second-order valence-corrected chi connectivity index (χ2v) is 4.43. The molecule has 2 nitrogen and oxygen atoms in total. The molecular weight excluding hydrogens is 246 g/mol. The molecule has 0 aliphatic rings. The molecule has 20 heavy (non-hydrogen) atoms. The standard InChI is InChI=1S/C18H17NO/c1-2-7-16-9-5-6-11-18(16)20-14-17-10-4-3-8-15(17)12-13-19/h2-11H,12,14H2,1H3. The summed E-state index contributed by atoms with van der Waals surface area (Å²) in [5, 5.41) is 8.84. The average molecular weight is 263 g/mol. The van der Waals surface area contributed by atoms with Crippen LogP contribution < -0.4 is 4.74 Å². The predicted molar refractivity (Wildman–Crippen MR) is 81.2 cm³/mol. The topological polar surface area (TPSA) is 33.0 Å². The molecule has 0 unspecified atom stereocenters. The second-order valence-electron chi connectivity index (χ2n) is 4.43. The fourth-order valence-electron chi connectivity index (χ4n) is 2.04. The number of nitriles is 1. The Balaban J connectivity index is 2.15. The Bertz CT molecular complexity index is 638. The molecule has 0 saturated heterocycles. The molecule has 2 aromatic rings. The van der Waals surface area contributed by atoms with Crippen molar-refractivity contribution in [2.45, 2.75) is 20.0 Å². The number of nitrogens with zero attached hydrogens (tertiary/aromatic N) is 1. The first-order valence-corrected chi connectivity index (χ1v) is 6.63. The summed E-state index contributed by atoms with van der Waals surface area (Å²) in [6.45, 7) is 2.46. The normalized spacial score (nSPS) is 10.4. The van der Waals surface area contributed by atoms with E-state index in [4.69, 9.17) is 10.00 Å². The van der Waals surface area contributed by atoms with Crippen LogP contribution in [-0.4, -0.2) is 0 Å². The lowest BCUT2D eigenvalue weighted by molar-refractivity contribution is 0.304. The number of para-hydroxylation sites is 1. The van der Waals surface area contributed by atoms with Crippen LogP contribution in [0.1, 0.15) is 23.6 Å². The molecule has 2 rings (SSSR count). The van der Waals surface area contributed by atoms with Crippen LogP contribution in [0.2, 0.25) is 0 Å². The Labute approximate surface area is 119 Å². The highest BCUT2D eigenvalue weighted by atomic mass is 16.5. The predicted octanol–water partition coefficient (Wildman–Crippen LogP) is 4.36. The van der Waals surface area contributed by atoms with E-state index in [1.807, 2.05) is 67.6 Å². The lowest BCUT2D eigenvalue weighted by atomic mass is 10.1. The van der Waals surface area contributed by atoms with E-state index in [9.17, 15) is 0 Å². The van der Waals surface area contributed by atoms with Gasteiger partial charge in [-0.25, -0.2) is 0 Å². The van der Waals surface area contributed by atoms with Crippen LogP contribution in [0.4, 0.5) is 0 Å². The number of rotatable bonds is 5. The summed E-state index contributed by atoms with van der Waals surface area (Å²) in [5.74, 6) is 0.859. The van der Waals surface area contributed by atoms with Crippen molar-refractivity contribution in [3.05, 3.63) is 71.3 Å². The monoisotopic (exact) mass is 263 g/mol. The number of ether oxygens (including phenoxy) is 1. The van der Waals surface area contributed by atoms with Gasteiger partial charge in [-0.3, -0.25) is 0 Å². The van der Waals surface area contributed by atoms with Gasteiger partial charge in [-0.05, 0) is 24.1 Å². The van der Waals surface area contributed by atoms with Crippen LogP contribution in [0.15, 0.2) is 54.6 Å². The van der Waals surface area contributed by atoms with Gasteiger partial charge in [0.2, 0.25) is 0 Å². The van der Waals surface area contributed by atoms with Crippen molar-refractivity contribution >= 4 is 6.08 Å². The Morgan fingerprint density at radius 3 is 2.50 bits per heavy atom. The number of hydrogen-bond acceptors (Lipinski definition) is 2. The van der Waals surface area contributed by atoms with Gasteiger partial charge in [0.15, 0.2) is 0 Å². The van der Waals surface area contributed by atoms with Crippen molar-refractivity contribution in [1.82, 2.24) is 0 Å². The van der Waals surface area contributed by atoms with Gasteiger partial charge in [0.1, 0.15) is 12.4 Å². The first kappa shape index (κ1) is 13.9. The molecule has 0 atom stereocenters. The molecule has 0 amide bonds. The minimum absolute atomic E-state index is 0.413. The zero-order valence-electron chi connectivity index (χ0n) is 11.5. The summed E-state index contributed by atoms with van der Waals surface area (Å²) in [5.41, 5.74) is 3.15. The summed E-state index contributed by atoms with van der Waals surface area (Å²) in [6.07, 6.45) is 4.43. The van der Waals surface area contributed by atoms with Crippen molar-refractivity contribution in [2.75, 3.05) is 0 Å². The third-order valence-electron chi connectivity index (χ3n) is 3.04. The molecule has 0 spiro atoms. The van der Waals surface area contributed by atoms with Gasteiger partial charge in [0.25, 0.3) is 0 Å². The zero-order valence-corrected chi connectivity index (χ0v) is 11.5. The maximum Gasteiger partial charge on any atom is 0.127 e. The van der Waals surface area contributed by atoms with Crippen LogP contribution >= 0.6 is 0 Å². The van der Waals surface area contributed by atoms with Crippen molar-refractivity contribution in [2.24, 2.45) is 0 Å². The van der Waals surface area contributed by atoms with Crippen molar-refractivity contribution in [1.29, 1.82) is 5.26 Å². The van der Waals surface area contributed by atoms with E-state index in [2.05, 4.69) is 6.07 Å². The molecule has 2 aromatic carbocycles. The Morgan fingerprint density at radius 2 is 1.75 bits per heavy atom.